The van der Waals surface area contributed by atoms with E-state index in [1.54, 1.807) is 55.6 Å². The number of benzene rings is 2. The maximum absolute atomic E-state index is 12.1. The Morgan fingerprint density at radius 2 is 1.64 bits per heavy atom. The lowest BCUT2D eigenvalue weighted by molar-refractivity contribution is -0.116. The summed E-state index contributed by atoms with van der Waals surface area (Å²) in [4.78, 5) is 35.1. The van der Waals surface area contributed by atoms with Gasteiger partial charge in [-0.05, 0) is 36.4 Å². The van der Waals surface area contributed by atoms with Crippen LogP contribution in [-0.4, -0.2) is 24.7 Å². The first kappa shape index (κ1) is 18.2. The monoisotopic (exact) mass is 340 g/mol. The number of Topliss-reactive ketones (excluding diaryl/α,β-unsaturated/α-hetero) is 1. The molecule has 2 aromatic carbocycles. The maximum atomic E-state index is 12.1. The number of amides is 2. The summed E-state index contributed by atoms with van der Waals surface area (Å²) in [6.07, 6.45) is 0.193. The number of carbonyl (C=O) groups is 3. The molecule has 6 nitrogen and oxygen atoms in total. The molecule has 6 heteroatoms. The van der Waals surface area contributed by atoms with Crippen LogP contribution in [0.15, 0.2) is 48.5 Å². The van der Waals surface area contributed by atoms with Gasteiger partial charge in [-0.25, -0.2) is 0 Å². The van der Waals surface area contributed by atoms with Crippen molar-refractivity contribution in [2.45, 2.75) is 19.8 Å². The molecule has 130 valence electrons. The van der Waals surface area contributed by atoms with Crippen molar-refractivity contribution in [3.8, 4) is 5.75 Å². The number of hydrogen-bond donors (Lipinski definition) is 2. The lowest BCUT2D eigenvalue weighted by Crippen LogP contribution is -2.13. The number of rotatable bonds is 7. The third kappa shape index (κ3) is 5.76. The summed E-state index contributed by atoms with van der Waals surface area (Å²) in [6, 6.07) is 13.6. The predicted octanol–water partition coefficient (Wildman–Crippen LogP) is 3.26. The van der Waals surface area contributed by atoms with E-state index in [4.69, 9.17) is 4.74 Å². The minimum atomic E-state index is -0.239. The van der Waals surface area contributed by atoms with Gasteiger partial charge >= 0.3 is 0 Å². The minimum Gasteiger partial charge on any atom is -0.497 e. The molecule has 2 amide bonds. The molecule has 0 aliphatic carbocycles. The SMILES string of the molecule is COc1cccc(NC(=O)CCC(=O)c2ccc(NC(C)=O)cc2)c1. The van der Waals surface area contributed by atoms with Gasteiger partial charge in [0.2, 0.25) is 11.8 Å². The van der Waals surface area contributed by atoms with Gasteiger partial charge in [-0.1, -0.05) is 6.07 Å². The summed E-state index contributed by atoms with van der Waals surface area (Å²) in [5.74, 6) is 0.105. The molecule has 0 aliphatic rings. The minimum absolute atomic E-state index is 0.0868. The van der Waals surface area contributed by atoms with Gasteiger partial charge in [0.1, 0.15) is 5.75 Å². The van der Waals surface area contributed by atoms with Gasteiger partial charge in [-0.3, -0.25) is 14.4 Å². The standard InChI is InChI=1S/C19H20N2O4/c1-13(22)20-15-8-6-14(7-9-15)18(23)10-11-19(24)21-16-4-3-5-17(12-16)25-2/h3-9,12H,10-11H2,1-2H3,(H,20,22)(H,21,24). The first-order valence-corrected chi connectivity index (χ1v) is 7.82. The number of anilines is 2. The van der Waals surface area contributed by atoms with E-state index in [1.807, 2.05) is 0 Å². The van der Waals surface area contributed by atoms with E-state index in [0.717, 1.165) is 0 Å². The van der Waals surface area contributed by atoms with Crippen LogP contribution in [0.1, 0.15) is 30.1 Å². The average molecular weight is 340 g/mol. The van der Waals surface area contributed by atoms with Crippen LogP contribution in [0, 0.1) is 0 Å². The highest BCUT2D eigenvalue weighted by Crippen LogP contribution is 2.17. The van der Waals surface area contributed by atoms with Gasteiger partial charge < -0.3 is 15.4 Å². The van der Waals surface area contributed by atoms with E-state index in [1.165, 1.54) is 6.92 Å². The number of hydrogen-bond acceptors (Lipinski definition) is 4. The van der Waals surface area contributed by atoms with Crippen LogP contribution in [0.25, 0.3) is 0 Å². The van der Waals surface area contributed by atoms with Gasteiger partial charge in [-0.2, -0.15) is 0 Å². The molecule has 0 spiro atoms. The molecule has 0 fully saturated rings. The van der Waals surface area contributed by atoms with E-state index in [0.29, 0.717) is 22.7 Å². The number of methoxy groups -OCH3 is 1. The maximum Gasteiger partial charge on any atom is 0.224 e. The number of ether oxygens (including phenoxy) is 1. The lowest BCUT2D eigenvalue weighted by atomic mass is 10.1. The molecule has 2 aromatic rings. The Hall–Kier alpha value is -3.15. The summed E-state index contributed by atoms with van der Waals surface area (Å²) in [7, 11) is 1.55. The molecule has 0 saturated heterocycles. The molecule has 25 heavy (non-hydrogen) atoms. The van der Waals surface area contributed by atoms with Crippen molar-refractivity contribution >= 4 is 29.0 Å². The number of nitrogens with one attached hydrogen (secondary N) is 2. The molecule has 0 aromatic heterocycles. The molecule has 2 rings (SSSR count). The molecule has 0 radical (unpaired) electrons. The third-order valence-electron chi connectivity index (χ3n) is 3.46. The fraction of sp³-hybridized carbons (Fsp3) is 0.211. The highest BCUT2D eigenvalue weighted by Gasteiger charge is 2.10. The van der Waals surface area contributed by atoms with Crippen LogP contribution < -0.4 is 15.4 Å². The fourth-order valence-electron chi connectivity index (χ4n) is 2.24. The van der Waals surface area contributed by atoms with Crippen molar-refractivity contribution in [2.75, 3.05) is 17.7 Å². The Morgan fingerprint density at radius 3 is 2.28 bits per heavy atom. The lowest BCUT2D eigenvalue weighted by Gasteiger charge is -2.07. The van der Waals surface area contributed by atoms with Gasteiger partial charge in [-0.15, -0.1) is 0 Å². The predicted molar refractivity (Wildman–Crippen MR) is 95.9 cm³/mol. The van der Waals surface area contributed by atoms with Crippen molar-refractivity contribution in [3.05, 3.63) is 54.1 Å². The smallest absolute Gasteiger partial charge is 0.224 e. The van der Waals surface area contributed by atoms with E-state index < -0.39 is 0 Å². The average Bonchev–Trinajstić information content (AvgIpc) is 2.60. The normalized spacial score (nSPS) is 10.0. The Kier molecular flexibility index (Phi) is 6.28. The van der Waals surface area contributed by atoms with Crippen molar-refractivity contribution in [1.29, 1.82) is 0 Å². The molecule has 0 unspecified atom stereocenters. The van der Waals surface area contributed by atoms with Gasteiger partial charge in [0.25, 0.3) is 0 Å². The van der Waals surface area contributed by atoms with Crippen LogP contribution in [0.5, 0.6) is 5.75 Å². The zero-order valence-corrected chi connectivity index (χ0v) is 14.2. The van der Waals surface area contributed by atoms with Crippen LogP contribution in [-0.2, 0) is 9.59 Å². The summed E-state index contributed by atoms with van der Waals surface area (Å²) >= 11 is 0. The van der Waals surface area contributed by atoms with E-state index in [9.17, 15) is 14.4 Å². The molecule has 2 N–H and O–H groups in total. The second-order valence-electron chi connectivity index (χ2n) is 5.46. The molecule has 0 bridgehead atoms. The quantitative estimate of drug-likeness (QED) is 0.758. The van der Waals surface area contributed by atoms with Crippen molar-refractivity contribution in [1.82, 2.24) is 0 Å². The summed E-state index contributed by atoms with van der Waals surface area (Å²) in [6.45, 7) is 1.42. The topological polar surface area (TPSA) is 84.5 Å². The number of ketones is 1. The highest BCUT2D eigenvalue weighted by molar-refractivity contribution is 6.00. The molecule has 0 heterocycles. The zero-order chi connectivity index (χ0) is 18.2. The van der Waals surface area contributed by atoms with E-state index in [2.05, 4.69) is 10.6 Å². The number of carbonyl (C=O) groups excluding carboxylic acids is 3. The van der Waals surface area contributed by atoms with Crippen LogP contribution in [0.3, 0.4) is 0 Å². The summed E-state index contributed by atoms with van der Waals surface area (Å²) in [5, 5.41) is 5.37. The fourth-order valence-corrected chi connectivity index (χ4v) is 2.24. The van der Waals surface area contributed by atoms with Gasteiger partial charge in [0.05, 0.1) is 7.11 Å². The molecule has 0 saturated carbocycles. The van der Waals surface area contributed by atoms with Gasteiger partial charge in [0, 0.05) is 42.8 Å². The Bertz CT molecular complexity index is 769. The Labute approximate surface area is 146 Å². The first-order chi connectivity index (χ1) is 12.0. The van der Waals surface area contributed by atoms with Crippen molar-refractivity contribution in [2.24, 2.45) is 0 Å². The molecule has 0 atom stereocenters. The van der Waals surface area contributed by atoms with E-state index in [-0.39, 0.29) is 30.4 Å². The van der Waals surface area contributed by atoms with Crippen LogP contribution in [0.4, 0.5) is 11.4 Å². The Morgan fingerprint density at radius 1 is 0.920 bits per heavy atom. The van der Waals surface area contributed by atoms with Gasteiger partial charge in [0.15, 0.2) is 5.78 Å². The molecule has 0 aliphatic heterocycles. The summed E-state index contributed by atoms with van der Waals surface area (Å²) in [5.41, 5.74) is 1.75. The van der Waals surface area contributed by atoms with Crippen molar-refractivity contribution < 1.29 is 19.1 Å². The van der Waals surface area contributed by atoms with Crippen LogP contribution in [0.2, 0.25) is 0 Å². The van der Waals surface area contributed by atoms with Crippen LogP contribution >= 0.6 is 0 Å². The zero-order valence-electron chi connectivity index (χ0n) is 14.2. The highest BCUT2D eigenvalue weighted by atomic mass is 16.5. The van der Waals surface area contributed by atoms with E-state index >= 15 is 0 Å². The largest absolute Gasteiger partial charge is 0.497 e. The third-order valence-corrected chi connectivity index (χ3v) is 3.46. The molecular weight excluding hydrogens is 320 g/mol. The van der Waals surface area contributed by atoms with Crippen molar-refractivity contribution in [3.63, 3.8) is 0 Å². The summed E-state index contributed by atoms with van der Waals surface area (Å²) < 4.78 is 5.09. The first-order valence-electron chi connectivity index (χ1n) is 7.82. The Balaban J connectivity index is 1.86. The second-order valence-corrected chi connectivity index (χ2v) is 5.46. The second kappa shape index (κ2) is 8.63. The molecular formula is C19H20N2O4.